The van der Waals surface area contributed by atoms with Gasteiger partial charge in [-0.05, 0) is 59.3 Å². The number of nitrogens with zero attached hydrogens (tertiary/aromatic N) is 3. The van der Waals surface area contributed by atoms with Crippen LogP contribution in [0.25, 0.3) is 0 Å². The highest BCUT2D eigenvalue weighted by molar-refractivity contribution is 9.10. The number of carbonyl (C=O) groups is 1. The molecule has 0 fully saturated rings. The molecule has 2 aromatic carbocycles. The Hall–Kier alpha value is -2.03. The van der Waals surface area contributed by atoms with E-state index in [-0.39, 0.29) is 18.3 Å². The summed E-state index contributed by atoms with van der Waals surface area (Å²) in [4.78, 5) is 12.2. The van der Waals surface area contributed by atoms with Crippen molar-refractivity contribution < 1.29 is 9.53 Å². The lowest BCUT2D eigenvalue weighted by molar-refractivity contribution is -0.113. The lowest BCUT2D eigenvalue weighted by atomic mass is 10.3. The molecule has 0 saturated heterocycles. The molecule has 146 valence electrons. The number of carbonyl (C=O) groups excluding carboxylic acids is 1. The number of anilines is 1. The Kier molecular flexibility index (Phi) is 7.36. The highest BCUT2D eigenvalue weighted by atomic mass is 79.9. The summed E-state index contributed by atoms with van der Waals surface area (Å²) in [5, 5.41) is 12.6. The first-order chi connectivity index (χ1) is 13.6. The average molecular weight is 482 g/mol. The standard InChI is InChI=1S/C19H18BrClN4O2S/c1-2-25-17(11-27-14-9-7-13(21)8-10-14)23-24-19(25)28-12-18(26)22-16-6-4-3-5-15(16)20/h3-10H,2,11-12H2,1H3,(H,22,26). The minimum Gasteiger partial charge on any atom is -0.486 e. The molecular weight excluding hydrogens is 464 g/mol. The Morgan fingerprint density at radius 1 is 1.21 bits per heavy atom. The van der Waals surface area contributed by atoms with E-state index in [2.05, 4.69) is 31.4 Å². The summed E-state index contributed by atoms with van der Waals surface area (Å²) >= 11 is 10.6. The van der Waals surface area contributed by atoms with Gasteiger partial charge in [-0.25, -0.2) is 0 Å². The molecule has 28 heavy (non-hydrogen) atoms. The van der Waals surface area contributed by atoms with Crippen molar-refractivity contribution >= 4 is 50.9 Å². The van der Waals surface area contributed by atoms with Crippen LogP contribution in [0.4, 0.5) is 5.69 Å². The number of ether oxygens (including phenoxy) is 1. The molecule has 0 aliphatic heterocycles. The van der Waals surface area contributed by atoms with Crippen LogP contribution < -0.4 is 10.1 Å². The van der Waals surface area contributed by atoms with Gasteiger partial charge in [-0.1, -0.05) is 35.5 Å². The minimum absolute atomic E-state index is 0.110. The van der Waals surface area contributed by atoms with Gasteiger partial charge in [0.2, 0.25) is 5.91 Å². The number of thioether (sulfide) groups is 1. The molecule has 0 bridgehead atoms. The van der Waals surface area contributed by atoms with Crippen LogP contribution in [-0.2, 0) is 17.9 Å². The Labute approximate surface area is 180 Å². The lowest BCUT2D eigenvalue weighted by Crippen LogP contribution is -2.15. The second kappa shape index (κ2) is 9.95. The van der Waals surface area contributed by atoms with E-state index < -0.39 is 0 Å². The van der Waals surface area contributed by atoms with E-state index in [0.29, 0.717) is 28.3 Å². The van der Waals surface area contributed by atoms with Crippen molar-refractivity contribution in [1.82, 2.24) is 14.8 Å². The molecule has 0 atom stereocenters. The number of rotatable bonds is 8. The van der Waals surface area contributed by atoms with E-state index in [1.165, 1.54) is 11.8 Å². The van der Waals surface area contributed by atoms with E-state index >= 15 is 0 Å². The Morgan fingerprint density at radius 3 is 2.68 bits per heavy atom. The Bertz CT molecular complexity index is 949. The van der Waals surface area contributed by atoms with E-state index in [1.54, 1.807) is 24.3 Å². The number of nitrogens with one attached hydrogen (secondary N) is 1. The van der Waals surface area contributed by atoms with Gasteiger partial charge in [0, 0.05) is 16.0 Å². The van der Waals surface area contributed by atoms with Crippen LogP contribution in [0.15, 0.2) is 58.2 Å². The number of amides is 1. The van der Waals surface area contributed by atoms with Gasteiger partial charge in [-0.15, -0.1) is 10.2 Å². The molecule has 1 amide bonds. The smallest absolute Gasteiger partial charge is 0.234 e. The van der Waals surface area contributed by atoms with Gasteiger partial charge in [0.1, 0.15) is 12.4 Å². The van der Waals surface area contributed by atoms with Crippen molar-refractivity contribution in [3.63, 3.8) is 0 Å². The predicted octanol–water partition coefficient (Wildman–Crippen LogP) is 5.02. The van der Waals surface area contributed by atoms with E-state index in [1.807, 2.05) is 35.8 Å². The molecule has 0 unspecified atom stereocenters. The molecule has 3 rings (SSSR count). The fourth-order valence-corrected chi connectivity index (χ4v) is 3.74. The minimum atomic E-state index is -0.110. The quantitative estimate of drug-likeness (QED) is 0.457. The van der Waals surface area contributed by atoms with Crippen molar-refractivity contribution in [3.8, 4) is 5.75 Å². The van der Waals surface area contributed by atoms with Crippen LogP contribution in [0.5, 0.6) is 5.75 Å². The molecule has 6 nitrogen and oxygen atoms in total. The first-order valence-electron chi connectivity index (χ1n) is 8.54. The summed E-state index contributed by atoms with van der Waals surface area (Å²) in [6.07, 6.45) is 0. The van der Waals surface area contributed by atoms with Gasteiger partial charge in [0.05, 0.1) is 11.4 Å². The van der Waals surface area contributed by atoms with Crippen LogP contribution >= 0.6 is 39.3 Å². The summed E-state index contributed by atoms with van der Waals surface area (Å²) in [5.74, 6) is 1.53. The largest absolute Gasteiger partial charge is 0.486 e. The Morgan fingerprint density at radius 2 is 1.96 bits per heavy atom. The number of benzene rings is 2. The van der Waals surface area contributed by atoms with Crippen molar-refractivity contribution in [2.45, 2.75) is 25.2 Å². The van der Waals surface area contributed by atoms with Crippen LogP contribution in [0.2, 0.25) is 5.02 Å². The maximum atomic E-state index is 12.2. The highest BCUT2D eigenvalue weighted by Crippen LogP contribution is 2.23. The highest BCUT2D eigenvalue weighted by Gasteiger charge is 2.14. The van der Waals surface area contributed by atoms with Crippen LogP contribution in [0.1, 0.15) is 12.7 Å². The summed E-state index contributed by atoms with van der Waals surface area (Å²) in [6.45, 7) is 2.97. The molecule has 0 aliphatic carbocycles. The monoisotopic (exact) mass is 480 g/mol. The van der Waals surface area contributed by atoms with Crippen molar-refractivity contribution in [2.24, 2.45) is 0 Å². The maximum absolute atomic E-state index is 12.2. The SMILES string of the molecule is CCn1c(COc2ccc(Cl)cc2)nnc1SCC(=O)Nc1ccccc1Br. The average Bonchev–Trinajstić information content (AvgIpc) is 3.09. The third-order valence-electron chi connectivity index (χ3n) is 3.77. The molecular formula is C19H18BrClN4O2S. The van der Waals surface area contributed by atoms with Crippen molar-refractivity contribution in [1.29, 1.82) is 0 Å². The molecule has 1 aromatic heterocycles. The molecule has 3 aromatic rings. The zero-order valence-electron chi connectivity index (χ0n) is 15.1. The van der Waals surface area contributed by atoms with Gasteiger partial charge >= 0.3 is 0 Å². The van der Waals surface area contributed by atoms with Gasteiger partial charge in [-0.3, -0.25) is 4.79 Å². The number of aromatic nitrogens is 3. The molecule has 0 aliphatic rings. The second-order valence-corrected chi connectivity index (χ2v) is 7.94. The second-order valence-electron chi connectivity index (χ2n) is 5.70. The number of para-hydroxylation sites is 1. The van der Waals surface area contributed by atoms with Crippen LogP contribution in [0, 0.1) is 0 Å². The number of halogens is 2. The zero-order chi connectivity index (χ0) is 19.9. The fourth-order valence-electron chi connectivity index (χ4n) is 2.41. The third kappa shape index (κ3) is 5.50. The summed E-state index contributed by atoms with van der Waals surface area (Å²) in [5.41, 5.74) is 0.738. The first-order valence-corrected chi connectivity index (χ1v) is 10.7. The third-order valence-corrected chi connectivity index (χ3v) is 5.68. The van der Waals surface area contributed by atoms with E-state index in [9.17, 15) is 4.79 Å². The number of hydrogen-bond acceptors (Lipinski definition) is 5. The topological polar surface area (TPSA) is 69.0 Å². The van der Waals surface area contributed by atoms with Gasteiger partial charge in [-0.2, -0.15) is 0 Å². The molecule has 0 saturated carbocycles. The number of hydrogen-bond donors (Lipinski definition) is 1. The van der Waals surface area contributed by atoms with Crippen LogP contribution in [0.3, 0.4) is 0 Å². The molecule has 1 heterocycles. The van der Waals surface area contributed by atoms with E-state index in [4.69, 9.17) is 16.3 Å². The summed E-state index contributed by atoms with van der Waals surface area (Å²) < 4.78 is 8.52. The Balaban J connectivity index is 1.58. The predicted molar refractivity (Wildman–Crippen MR) is 115 cm³/mol. The first kappa shape index (κ1) is 20.7. The lowest BCUT2D eigenvalue weighted by Gasteiger charge is -2.09. The maximum Gasteiger partial charge on any atom is 0.234 e. The fraction of sp³-hybridized carbons (Fsp3) is 0.211. The molecule has 0 radical (unpaired) electrons. The molecule has 9 heteroatoms. The molecule has 1 N–H and O–H groups in total. The van der Waals surface area contributed by atoms with Crippen LogP contribution in [-0.4, -0.2) is 26.4 Å². The van der Waals surface area contributed by atoms with E-state index in [0.717, 1.165) is 10.2 Å². The zero-order valence-corrected chi connectivity index (χ0v) is 18.2. The summed E-state index contributed by atoms with van der Waals surface area (Å²) in [7, 11) is 0. The normalized spacial score (nSPS) is 10.7. The van der Waals surface area contributed by atoms with Crippen molar-refractivity contribution in [3.05, 3.63) is 63.9 Å². The van der Waals surface area contributed by atoms with Gasteiger partial charge < -0.3 is 14.6 Å². The van der Waals surface area contributed by atoms with Gasteiger partial charge in [0.15, 0.2) is 11.0 Å². The van der Waals surface area contributed by atoms with Crippen molar-refractivity contribution in [2.75, 3.05) is 11.1 Å². The van der Waals surface area contributed by atoms with Gasteiger partial charge in [0.25, 0.3) is 0 Å². The molecule has 0 spiro atoms. The summed E-state index contributed by atoms with van der Waals surface area (Å²) in [6, 6.07) is 14.6.